The molecule has 8 nitrogen and oxygen atoms in total. The number of hydrogen-bond donors (Lipinski definition) is 0. The maximum absolute atomic E-state index is 12.2. The Hall–Kier alpha value is -3.55. The van der Waals surface area contributed by atoms with Crippen molar-refractivity contribution in [2.45, 2.75) is 6.54 Å². The molecule has 126 valence electrons. The van der Waals surface area contributed by atoms with E-state index in [1.165, 1.54) is 24.1 Å². The minimum absolute atomic E-state index is 0.0189. The van der Waals surface area contributed by atoms with Gasteiger partial charge in [0.25, 0.3) is 17.4 Å². The number of anilines is 1. The molecule has 0 aromatic heterocycles. The highest BCUT2D eigenvalue weighted by Gasteiger charge is 2.37. The zero-order valence-electron chi connectivity index (χ0n) is 13.1. The molecule has 0 saturated heterocycles. The summed E-state index contributed by atoms with van der Waals surface area (Å²) in [5.74, 6) is -1.99. The summed E-state index contributed by atoms with van der Waals surface area (Å²) in [5, 5.41) is 10.8. The summed E-state index contributed by atoms with van der Waals surface area (Å²) in [6.07, 6.45) is 0. The first-order chi connectivity index (χ1) is 11.9. The van der Waals surface area contributed by atoms with Crippen molar-refractivity contribution in [1.29, 1.82) is 0 Å². The van der Waals surface area contributed by atoms with Crippen molar-refractivity contribution < 1.29 is 24.0 Å². The normalized spacial score (nSPS) is 12.9. The molecule has 2 aromatic carbocycles. The van der Waals surface area contributed by atoms with Crippen molar-refractivity contribution in [3.05, 3.63) is 69.3 Å². The summed E-state index contributed by atoms with van der Waals surface area (Å²) in [6.45, 7) is 0.108. The van der Waals surface area contributed by atoms with E-state index in [1.807, 2.05) is 0 Å². The molecule has 25 heavy (non-hydrogen) atoms. The van der Waals surface area contributed by atoms with Crippen molar-refractivity contribution in [3.8, 4) is 0 Å². The van der Waals surface area contributed by atoms with E-state index in [9.17, 15) is 24.5 Å². The van der Waals surface area contributed by atoms with Crippen molar-refractivity contribution in [2.24, 2.45) is 0 Å². The van der Waals surface area contributed by atoms with Gasteiger partial charge in [0.05, 0.1) is 35.4 Å². The molecule has 0 aliphatic carbocycles. The van der Waals surface area contributed by atoms with Gasteiger partial charge in [0.1, 0.15) is 0 Å². The van der Waals surface area contributed by atoms with Crippen molar-refractivity contribution in [2.75, 3.05) is 12.0 Å². The summed E-state index contributed by atoms with van der Waals surface area (Å²) in [6, 6.07) is 10.1. The Bertz CT molecular complexity index is 904. The van der Waals surface area contributed by atoms with Crippen LogP contribution in [-0.2, 0) is 16.1 Å². The number of rotatable bonds is 4. The molecule has 0 N–H and O–H groups in total. The third kappa shape index (κ3) is 2.85. The average Bonchev–Trinajstić information content (AvgIpc) is 2.86. The van der Waals surface area contributed by atoms with Gasteiger partial charge in [0.15, 0.2) is 0 Å². The number of hydrogen-bond acceptors (Lipinski definition) is 6. The number of nitro benzene ring substituents is 1. The molecule has 1 heterocycles. The summed E-state index contributed by atoms with van der Waals surface area (Å²) in [5.41, 5.74) is 1.17. The second-order valence-electron chi connectivity index (χ2n) is 5.37. The third-order valence-electron chi connectivity index (χ3n) is 3.88. The van der Waals surface area contributed by atoms with Gasteiger partial charge in [-0.1, -0.05) is 12.1 Å². The number of amides is 1. The zero-order chi connectivity index (χ0) is 18.1. The molecule has 0 bridgehead atoms. The lowest BCUT2D eigenvalue weighted by atomic mass is 10.1. The Balaban J connectivity index is 1.89. The Morgan fingerprint density at radius 3 is 2.44 bits per heavy atom. The van der Waals surface area contributed by atoms with Crippen molar-refractivity contribution in [1.82, 2.24) is 0 Å². The standard InChI is InChI=1S/C17H12N2O6/c1-25-17(22)11-4-2-10(3-5-11)9-18-14-7-6-12(19(23)24)8-13(14)15(20)16(18)21/h2-8H,9H2,1H3. The van der Waals surface area contributed by atoms with E-state index in [0.29, 0.717) is 16.8 Å². The van der Waals surface area contributed by atoms with Crippen LogP contribution in [0.25, 0.3) is 0 Å². The number of fused-ring (bicyclic) bond motifs is 1. The lowest BCUT2D eigenvalue weighted by Crippen LogP contribution is -2.29. The molecule has 1 aliphatic rings. The predicted molar refractivity (Wildman–Crippen MR) is 86.4 cm³/mol. The zero-order valence-corrected chi connectivity index (χ0v) is 13.1. The van der Waals surface area contributed by atoms with Crippen LogP contribution in [0.5, 0.6) is 0 Å². The summed E-state index contributed by atoms with van der Waals surface area (Å²) in [4.78, 5) is 47.2. The molecule has 1 aliphatic heterocycles. The van der Waals surface area contributed by atoms with E-state index in [2.05, 4.69) is 4.74 Å². The number of nitrogens with zero attached hydrogens (tertiary/aromatic N) is 2. The molecule has 0 unspecified atom stereocenters. The number of esters is 1. The summed E-state index contributed by atoms with van der Waals surface area (Å²) in [7, 11) is 1.28. The van der Waals surface area contributed by atoms with Crippen LogP contribution in [0.2, 0.25) is 0 Å². The maximum Gasteiger partial charge on any atom is 0.337 e. The second kappa shape index (κ2) is 6.16. The number of methoxy groups -OCH3 is 1. The van der Waals surface area contributed by atoms with Crippen LogP contribution in [0.15, 0.2) is 42.5 Å². The Kier molecular flexibility index (Phi) is 4.02. The van der Waals surface area contributed by atoms with Gasteiger partial charge in [-0.05, 0) is 23.8 Å². The highest BCUT2D eigenvalue weighted by atomic mass is 16.6. The highest BCUT2D eigenvalue weighted by molar-refractivity contribution is 6.52. The average molecular weight is 340 g/mol. The number of benzene rings is 2. The van der Waals surface area contributed by atoms with Gasteiger partial charge in [0.2, 0.25) is 0 Å². The van der Waals surface area contributed by atoms with E-state index in [4.69, 9.17) is 0 Å². The number of carbonyl (C=O) groups excluding carboxylic acids is 3. The van der Waals surface area contributed by atoms with Crippen LogP contribution < -0.4 is 4.90 Å². The topological polar surface area (TPSA) is 107 Å². The molecule has 2 aromatic rings. The first kappa shape index (κ1) is 16.3. The minimum Gasteiger partial charge on any atom is -0.465 e. The SMILES string of the molecule is COC(=O)c1ccc(CN2C(=O)C(=O)c3cc([N+](=O)[O-])ccc32)cc1. The van der Waals surface area contributed by atoms with Crippen LogP contribution >= 0.6 is 0 Å². The van der Waals surface area contributed by atoms with Gasteiger partial charge >= 0.3 is 5.97 Å². The molecular weight excluding hydrogens is 328 g/mol. The monoisotopic (exact) mass is 340 g/mol. The van der Waals surface area contributed by atoms with E-state index >= 15 is 0 Å². The molecule has 0 radical (unpaired) electrons. The van der Waals surface area contributed by atoms with E-state index in [-0.39, 0.29) is 17.8 Å². The first-order valence-electron chi connectivity index (χ1n) is 7.24. The smallest absolute Gasteiger partial charge is 0.337 e. The number of carbonyl (C=O) groups is 3. The van der Waals surface area contributed by atoms with Gasteiger partial charge in [-0.3, -0.25) is 19.7 Å². The fraction of sp³-hybridized carbons (Fsp3) is 0.118. The number of ketones is 1. The summed E-state index contributed by atoms with van der Waals surface area (Å²) < 4.78 is 4.61. The Labute approximate surface area is 141 Å². The van der Waals surface area contributed by atoms with Gasteiger partial charge in [-0.2, -0.15) is 0 Å². The first-order valence-corrected chi connectivity index (χ1v) is 7.24. The molecule has 3 rings (SSSR count). The number of nitro groups is 1. The van der Waals surface area contributed by atoms with Crippen LogP contribution in [0.4, 0.5) is 11.4 Å². The minimum atomic E-state index is -0.773. The fourth-order valence-electron chi connectivity index (χ4n) is 2.61. The van der Waals surface area contributed by atoms with Gasteiger partial charge < -0.3 is 9.64 Å². The quantitative estimate of drug-likeness (QED) is 0.365. The van der Waals surface area contributed by atoms with Crippen molar-refractivity contribution in [3.63, 3.8) is 0 Å². The fourth-order valence-corrected chi connectivity index (χ4v) is 2.61. The third-order valence-corrected chi connectivity index (χ3v) is 3.88. The van der Waals surface area contributed by atoms with Crippen LogP contribution in [0, 0.1) is 10.1 Å². The molecule has 8 heteroatoms. The molecule has 0 spiro atoms. The van der Waals surface area contributed by atoms with E-state index < -0.39 is 22.6 Å². The van der Waals surface area contributed by atoms with Crippen molar-refractivity contribution >= 4 is 29.0 Å². The van der Waals surface area contributed by atoms with Gasteiger partial charge in [-0.25, -0.2) is 4.79 Å². The lowest BCUT2D eigenvalue weighted by Gasteiger charge is -2.16. The van der Waals surface area contributed by atoms with Crippen LogP contribution in [0.3, 0.4) is 0 Å². The van der Waals surface area contributed by atoms with Crippen LogP contribution in [-0.4, -0.2) is 29.7 Å². The van der Waals surface area contributed by atoms with E-state index in [1.54, 1.807) is 24.3 Å². The predicted octanol–water partition coefficient (Wildman–Crippen LogP) is 2.11. The second-order valence-corrected chi connectivity index (χ2v) is 5.37. The van der Waals surface area contributed by atoms with Gasteiger partial charge in [-0.15, -0.1) is 0 Å². The Morgan fingerprint density at radius 1 is 1.16 bits per heavy atom. The number of non-ortho nitro benzene ring substituents is 1. The highest BCUT2D eigenvalue weighted by Crippen LogP contribution is 2.33. The molecule has 0 saturated carbocycles. The number of ether oxygens (including phenoxy) is 1. The van der Waals surface area contributed by atoms with Crippen LogP contribution in [0.1, 0.15) is 26.3 Å². The van der Waals surface area contributed by atoms with Gasteiger partial charge in [0, 0.05) is 12.1 Å². The molecule has 0 atom stereocenters. The van der Waals surface area contributed by atoms with E-state index in [0.717, 1.165) is 6.07 Å². The molecule has 0 fully saturated rings. The molecular formula is C17H12N2O6. The summed E-state index contributed by atoms with van der Waals surface area (Å²) >= 11 is 0. The molecule has 1 amide bonds. The largest absolute Gasteiger partial charge is 0.465 e. The maximum atomic E-state index is 12.2. The Morgan fingerprint density at radius 2 is 1.84 bits per heavy atom. The lowest BCUT2D eigenvalue weighted by molar-refractivity contribution is -0.384. The number of Topliss-reactive ketones (excluding diaryl/α,β-unsaturated/α-hetero) is 1.